The second kappa shape index (κ2) is 7.90. The van der Waals surface area contributed by atoms with Gasteiger partial charge in [-0.05, 0) is 25.5 Å². The van der Waals surface area contributed by atoms with Crippen LogP contribution in [0.15, 0.2) is 29.2 Å². The lowest BCUT2D eigenvalue weighted by molar-refractivity contribution is -0.139. The predicted molar refractivity (Wildman–Crippen MR) is 79.1 cm³/mol. The number of carbonyl (C=O) groups excluding carboxylic acids is 1. The molecule has 1 rings (SSSR count). The zero-order chi connectivity index (χ0) is 16.8. The van der Waals surface area contributed by atoms with Crippen LogP contribution in [0.2, 0.25) is 0 Å². The van der Waals surface area contributed by atoms with Crippen molar-refractivity contribution < 1.29 is 27.9 Å². The summed E-state index contributed by atoms with van der Waals surface area (Å²) in [6.07, 6.45) is 0.648. The van der Waals surface area contributed by atoms with Gasteiger partial charge < -0.3 is 9.84 Å². The van der Waals surface area contributed by atoms with Crippen LogP contribution < -0.4 is 4.72 Å². The van der Waals surface area contributed by atoms with E-state index in [1.54, 1.807) is 13.8 Å². The highest BCUT2D eigenvalue weighted by Crippen LogP contribution is 2.17. The number of hydrogen-bond acceptors (Lipinski definition) is 5. The average Bonchev–Trinajstić information content (AvgIpc) is 2.47. The number of sulfonamides is 1. The Labute approximate surface area is 129 Å². The fraction of sp³-hybridized carbons (Fsp3) is 0.429. The van der Waals surface area contributed by atoms with Gasteiger partial charge in [-0.1, -0.05) is 25.5 Å². The molecule has 22 heavy (non-hydrogen) atoms. The molecule has 0 fully saturated rings. The first kappa shape index (κ1) is 18.1. The highest BCUT2D eigenvalue weighted by molar-refractivity contribution is 7.89. The van der Waals surface area contributed by atoms with Crippen molar-refractivity contribution in [3.05, 3.63) is 29.8 Å². The second-order valence-corrected chi connectivity index (χ2v) is 6.20. The molecule has 8 heteroatoms. The Bertz CT molecular complexity index is 640. The van der Waals surface area contributed by atoms with Gasteiger partial charge in [0.1, 0.15) is 6.04 Å². The van der Waals surface area contributed by atoms with Crippen LogP contribution in [0.4, 0.5) is 0 Å². The first-order valence-corrected chi connectivity index (χ1v) is 8.33. The highest BCUT2D eigenvalue weighted by Gasteiger charge is 2.28. The molecule has 0 radical (unpaired) electrons. The van der Waals surface area contributed by atoms with Crippen molar-refractivity contribution in [2.45, 2.75) is 37.6 Å². The second-order valence-electron chi connectivity index (χ2n) is 4.52. The molecule has 7 nitrogen and oxygen atoms in total. The summed E-state index contributed by atoms with van der Waals surface area (Å²) in [6.45, 7) is 3.46. The Hall–Kier alpha value is -1.93. The van der Waals surface area contributed by atoms with Crippen molar-refractivity contribution in [3.63, 3.8) is 0 Å². The Morgan fingerprint density at radius 2 is 1.91 bits per heavy atom. The van der Waals surface area contributed by atoms with Crippen LogP contribution >= 0.6 is 0 Å². The maximum absolute atomic E-state index is 12.4. The molecule has 0 bridgehead atoms. The van der Waals surface area contributed by atoms with Crippen molar-refractivity contribution in [3.8, 4) is 0 Å². The fourth-order valence-corrected chi connectivity index (χ4v) is 3.27. The van der Waals surface area contributed by atoms with Crippen molar-refractivity contribution in [1.29, 1.82) is 0 Å². The molecule has 0 amide bonds. The van der Waals surface area contributed by atoms with Gasteiger partial charge in [0.25, 0.3) is 0 Å². The van der Waals surface area contributed by atoms with Crippen LogP contribution in [0, 0.1) is 0 Å². The summed E-state index contributed by atoms with van der Waals surface area (Å²) in [5, 5.41) is 9.06. The zero-order valence-electron chi connectivity index (χ0n) is 12.4. The Kier molecular flexibility index (Phi) is 6.51. The van der Waals surface area contributed by atoms with Crippen molar-refractivity contribution in [2.75, 3.05) is 6.61 Å². The van der Waals surface area contributed by atoms with Crippen molar-refractivity contribution in [2.24, 2.45) is 0 Å². The molecule has 1 aromatic rings. The normalized spacial score (nSPS) is 12.6. The standard InChI is InChI=1S/C14H19NO6S/c1-3-7-11(13(16)17)15-22(19,20)12-9-6-5-8-10(12)14(18)21-4-2/h5-6,8-9,11,15H,3-4,7H2,1-2H3,(H,16,17). The number of esters is 1. The van der Waals surface area contributed by atoms with Crippen molar-refractivity contribution in [1.82, 2.24) is 4.72 Å². The number of carboxylic acid groups (broad SMARTS) is 1. The van der Waals surface area contributed by atoms with Gasteiger partial charge >= 0.3 is 11.9 Å². The molecule has 1 atom stereocenters. The summed E-state index contributed by atoms with van der Waals surface area (Å²) in [5.41, 5.74) is -0.127. The van der Waals surface area contributed by atoms with Crippen molar-refractivity contribution >= 4 is 22.0 Å². The van der Waals surface area contributed by atoms with E-state index in [0.717, 1.165) is 0 Å². The van der Waals surface area contributed by atoms with Crippen LogP contribution in [0.1, 0.15) is 37.0 Å². The molecule has 0 aliphatic rings. The van der Waals surface area contributed by atoms with Crippen LogP contribution in [0.3, 0.4) is 0 Å². The van der Waals surface area contributed by atoms with Gasteiger partial charge in [0.05, 0.1) is 17.1 Å². The topological polar surface area (TPSA) is 110 Å². The lowest BCUT2D eigenvalue weighted by Gasteiger charge is -2.15. The average molecular weight is 329 g/mol. The monoisotopic (exact) mass is 329 g/mol. The Morgan fingerprint density at radius 1 is 1.27 bits per heavy atom. The molecule has 0 aromatic heterocycles. The number of rotatable bonds is 8. The smallest absolute Gasteiger partial charge is 0.339 e. The summed E-state index contributed by atoms with van der Waals surface area (Å²) >= 11 is 0. The fourth-order valence-electron chi connectivity index (χ4n) is 1.85. The van der Waals surface area contributed by atoms with Crippen LogP contribution in [0.5, 0.6) is 0 Å². The number of benzene rings is 1. The summed E-state index contributed by atoms with van der Waals surface area (Å²) < 4.78 is 31.7. The number of carboxylic acids is 1. The number of carbonyl (C=O) groups is 2. The van der Waals surface area contributed by atoms with Gasteiger partial charge in [-0.15, -0.1) is 0 Å². The van der Waals surface area contributed by atoms with Crippen LogP contribution in [0.25, 0.3) is 0 Å². The van der Waals surface area contributed by atoms with E-state index < -0.39 is 28.0 Å². The summed E-state index contributed by atoms with van der Waals surface area (Å²) in [6, 6.07) is 4.27. The van der Waals surface area contributed by atoms with Gasteiger partial charge in [0.2, 0.25) is 10.0 Å². The SMILES string of the molecule is CCCC(NS(=O)(=O)c1ccccc1C(=O)OCC)C(=O)O. The Morgan fingerprint density at radius 3 is 2.45 bits per heavy atom. The third kappa shape index (κ3) is 4.54. The van der Waals surface area contributed by atoms with Gasteiger partial charge in [-0.25, -0.2) is 13.2 Å². The van der Waals surface area contributed by atoms with Gasteiger partial charge in [0.15, 0.2) is 0 Å². The van der Waals surface area contributed by atoms with E-state index in [1.165, 1.54) is 24.3 Å². The van der Waals surface area contributed by atoms with Gasteiger partial charge in [-0.3, -0.25) is 4.79 Å². The molecule has 0 heterocycles. The lowest BCUT2D eigenvalue weighted by Crippen LogP contribution is -2.41. The molecular weight excluding hydrogens is 310 g/mol. The number of ether oxygens (including phenoxy) is 1. The number of nitrogens with one attached hydrogen (secondary N) is 1. The molecule has 1 aromatic carbocycles. The summed E-state index contributed by atoms with van der Waals surface area (Å²) in [7, 11) is -4.15. The third-order valence-electron chi connectivity index (χ3n) is 2.84. The predicted octanol–water partition coefficient (Wildman–Crippen LogP) is 1.39. The third-order valence-corrected chi connectivity index (χ3v) is 4.37. The molecular formula is C14H19NO6S. The number of aliphatic carboxylic acids is 1. The maximum atomic E-state index is 12.4. The van der Waals surface area contributed by atoms with E-state index in [4.69, 9.17) is 9.84 Å². The largest absolute Gasteiger partial charge is 0.480 e. The Balaban J connectivity index is 3.17. The van der Waals surface area contributed by atoms with E-state index in [1.807, 2.05) is 0 Å². The molecule has 0 aliphatic heterocycles. The molecule has 2 N–H and O–H groups in total. The minimum Gasteiger partial charge on any atom is -0.480 e. The minimum absolute atomic E-state index is 0.105. The first-order chi connectivity index (χ1) is 10.3. The quantitative estimate of drug-likeness (QED) is 0.698. The molecule has 1 unspecified atom stereocenters. The molecule has 0 saturated carbocycles. The molecule has 0 saturated heterocycles. The maximum Gasteiger partial charge on any atom is 0.339 e. The zero-order valence-corrected chi connectivity index (χ0v) is 13.2. The van der Waals surface area contributed by atoms with Gasteiger partial charge in [0, 0.05) is 0 Å². The minimum atomic E-state index is -4.15. The van der Waals surface area contributed by atoms with Crippen LogP contribution in [-0.4, -0.2) is 38.1 Å². The van der Waals surface area contributed by atoms with E-state index in [0.29, 0.717) is 6.42 Å². The van der Waals surface area contributed by atoms with Crippen LogP contribution in [-0.2, 0) is 19.6 Å². The first-order valence-electron chi connectivity index (χ1n) is 6.84. The van der Waals surface area contributed by atoms with E-state index >= 15 is 0 Å². The van der Waals surface area contributed by atoms with E-state index in [2.05, 4.69) is 4.72 Å². The summed E-state index contributed by atoms with van der Waals surface area (Å²) in [5.74, 6) is -2.04. The van der Waals surface area contributed by atoms with E-state index in [9.17, 15) is 18.0 Å². The molecule has 122 valence electrons. The van der Waals surface area contributed by atoms with E-state index in [-0.39, 0.29) is 23.5 Å². The summed E-state index contributed by atoms with van der Waals surface area (Å²) in [4.78, 5) is 22.6. The van der Waals surface area contributed by atoms with Gasteiger partial charge in [-0.2, -0.15) is 4.72 Å². The number of hydrogen-bond donors (Lipinski definition) is 2. The molecule has 0 aliphatic carbocycles. The molecule has 0 spiro atoms. The highest BCUT2D eigenvalue weighted by atomic mass is 32.2. The lowest BCUT2D eigenvalue weighted by atomic mass is 10.2.